The van der Waals surface area contributed by atoms with Crippen LogP contribution in [0.4, 0.5) is 5.69 Å². The molecular formula is C19H27N3O3. The monoisotopic (exact) mass is 345 g/mol. The minimum absolute atomic E-state index is 0.00213. The van der Waals surface area contributed by atoms with Crippen molar-refractivity contribution in [3.05, 3.63) is 24.3 Å². The highest BCUT2D eigenvalue weighted by Gasteiger charge is 2.38. The molecule has 2 aliphatic heterocycles. The Labute approximate surface area is 149 Å². The summed E-state index contributed by atoms with van der Waals surface area (Å²) in [6.45, 7) is 9.41. The number of rotatable bonds is 5. The lowest BCUT2D eigenvalue weighted by Crippen LogP contribution is -2.50. The zero-order chi connectivity index (χ0) is 17.8. The van der Waals surface area contributed by atoms with Crippen molar-refractivity contribution in [1.29, 1.82) is 0 Å². The topological polar surface area (TPSA) is 53.1 Å². The number of carbonyl (C=O) groups excluding carboxylic acids is 2. The lowest BCUT2D eigenvalue weighted by atomic mass is 10.1. The van der Waals surface area contributed by atoms with Crippen LogP contribution in [0.3, 0.4) is 0 Å². The van der Waals surface area contributed by atoms with Gasteiger partial charge >= 0.3 is 0 Å². The molecule has 1 atom stereocenters. The van der Waals surface area contributed by atoms with Gasteiger partial charge in [0.1, 0.15) is 5.75 Å². The summed E-state index contributed by atoms with van der Waals surface area (Å²) in [6.07, 6.45) is 0.285. The fourth-order valence-corrected chi connectivity index (χ4v) is 3.61. The summed E-state index contributed by atoms with van der Waals surface area (Å²) in [6, 6.07) is 7.54. The number of benzene rings is 1. The van der Waals surface area contributed by atoms with E-state index in [1.54, 1.807) is 4.90 Å². The molecule has 0 aromatic heterocycles. The van der Waals surface area contributed by atoms with E-state index in [1.165, 1.54) is 0 Å². The van der Waals surface area contributed by atoms with Crippen molar-refractivity contribution in [2.75, 3.05) is 50.8 Å². The van der Waals surface area contributed by atoms with E-state index in [2.05, 4.69) is 11.8 Å². The second-order valence-corrected chi connectivity index (χ2v) is 6.57. The van der Waals surface area contributed by atoms with Gasteiger partial charge < -0.3 is 19.4 Å². The van der Waals surface area contributed by atoms with E-state index in [9.17, 15) is 9.59 Å². The van der Waals surface area contributed by atoms with Gasteiger partial charge in [0.15, 0.2) is 0 Å². The number of carbonyl (C=O) groups is 2. The Bertz CT molecular complexity index is 626. The summed E-state index contributed by atoms with van der Waals surface area (Å²) >= 11 is 0. The first kappa shape index (κ1) is 17.7. The van der Waals surface area contributed by atoms with Gasteiger partial charge in [-0.25, -0.2) is 0 Å². The zero-order valence-electron chi connectivity index (χ0n) is 15.1. The van der Waals surface area contributed by atoms with E-state index in [0.717, 1.165) is 38.4 Å². The molecule has 3 rings (SSSR count). The predicted molar refractivity (Wildman–Crippen MR) is 96.8 cm³/mol. The molecule has 1 aromatic carbocycles. The minimum atomic E-state index is -0.254. The van der Waals surface area contributed by atoms with Crippen molar-refractivity contribution < 1.29 is 14.3 Å². The SMILES string of the molecule is CCOc1ccccc1N1CC(C(=O)N2CCN(CC)CC2)CC1=O. The van der Waals surface area contributed by atoms with Crippen molar-refractivity contribution in [3.63, 3.8) is 0 Å². The summed E-state index contributed by atoms with van der Waals surface area (Å²) in [7, 11) is 0. The first-order valence-electron chi connectivity index (χ1n) is 9.17. The van der Waals surface area contributed by atoms with Gasteiger partial charge in [-0.15, -0.1) is 0 Å². The number of ether oxygens (including phenoxy) is 1. The molecule has 2 fully saturated rings. The van der Waals surface area contributed by atoms with Crippen molar-refractivity contribution >= 4 is 17.5 Å². The molecule has 2 aliphatic rings. The molecule has 0 spiro atoms. The molecule has 25 heavy (non-hydrogen) atoms. The molecule has 2 heterocycles. The van der Waals surface area contributed by atoms with Gasteiger partial charge in [-0.1, -0.05) is 19.1 Å². The molecule has 0 aliphatic carbocycles. The zero-order valence-corrected chi connectivity index (χ0v) is 15.1. The molecule has 0 bridgehead atoms. The highest BCUT2D eigenvalue weighted by molar-refractivity contribution is 6.01. The standard InChI is InChI=1S/C19H27N3O3/c1-3-20-9-11-21(12-10-20)19(24)15-13-18(23)22(14-15)16-7-5-6-8-17(16)25-4-2/h5-8,15H,3-4,9-14H2,1-2H3. The van der Waals surface area contributed by atoms with Crippen LogP contribution >= 0.6 is 0 Å². The van der Waals surface area contributed by atoms with E-state index in [4.69, 9.17) is 4.74 Å². The molecule has 2 amide bonds. The third-order valence-corrected chi connectivity index (χ3v) is 5.06. The highest BCUT2D eigenvalue weighted by atomic mass is 16.5. The van der Waals surface area contributed by atoms with Crippen LogP contribution < -0.4 is 9.64 Å². The molecule has 1 aromatic rings. The molecule has 1 unspecified atom stereocenters. The van der Waals surface area contributed by atoms with Gasteiger partial charge in [0.2, 0.25) is 11.8 Å². The van der Waals surface area contributed by atoms with E-state index in [-0.39, 0.29) is 24.2 Å². The molecule has 2 saturated heterocycles. The first-order chi connectivity index (χ1) is 12.1. The van der Waals surface area contributed by atoms with Crippen molar-refractivity contribution in [2.45, 2.75) is 20.3 Å². The average molecular weight is 345 g/mol. The Kier molecular flexibility index (Phi) is 5.58. The van der Waals surface area contributed by atoms with Crippen LogP contribution in [0.2, 0.25) is 0 Å². The molecule has 6 nitrogen and oxygen atoms in total. The molecular weight excluding hydrogens is 318 g/mol. The number of anilines is 1. The molecule has 0 radical (unpaired) electrons. The van der Waals surface area contributed by atoms with Crippen LogP contribution in [0.25, 0.3) is 0 Å². The second kappa shape index (κ2) is 7.87. The smallest absolute Gasteiger partial charge is 0.228 e. The summed E-state index contributed by atoms with van der Waals surface area (Å²) in [4.78, 5) is 31.3. The van der Waals surface area contributed by atoms with Crippen molar-refractivity contribution in [2.24, 2.45) is 5.92 Å². The lowest BCUT2D eigenvalue weighted by molar-refractivity contribution is -0.137. The van der Waals surface area contributed by atoms with E-state index in [1.807, 2.05) is 36.1 Å². The van der Waals surface area contributed by atoms with Crippen LogP contribution in [0, 0.1) is 5.92 Å². The number of amides is 2. The number of hydrogen-bond acceptors (Lipinski definition) is 4. The fraction of sp³-hybridized carbons (Fsp3) is 0.579. The van der Waals surface area contributed by atoms with Gasteiger partial charge in [0.05, 0.1) is 18.2 Å². The van der Waals surface area contributed by atoms with E-state index in [0.29, 0.717) is 18.9 Å². The van der Waals surface area contributed by atoms with Crippen molar-refractivity contribution in [3.8, 4) is 5.75 Å². The third-order valence-electron chi connectivity index (χ3n) is 5.06. The Morgan fingerprint density at radius 3 is 2.56 bits per heavy atom. The first-order valence-corrected chi connectivity index (χ1v) is 9.17. The quantitative estimate of drug-likeness (QED) is 0.813. The van der Waals surface area contributed by atoms with E-state index >= 15 is 0 Å². The molecule has 136 valence electrons. The van der Waals surface area contributed by atoms with Gasteiger partial charge in [-0.3, -0.25) is 9.59 Å². The number of para-hydroxylation sites is 2. The van der Waals surface area contributed by atoms with Crippen LogP contribution in [-0.4, -0.2) is 67.5 Å². The summed E-state index contributed by atoms with van der Waals surface area (Å²) in [5.41, 5.74) is 0.764. The predicted octanol–water partition coefficient (Wildman–Crippen LogP) is 1.60. The number of nitrogens with zero attached hydrogens (tertiary/aromatic N) is 3. The summed E-state index contributed by atoms with van der Waals surface area (Å²) < 4.78 is 5.64. The Hall–Kier alpha value is -2.08. The number of piperazine rings is 1. The van der Waals surface area contributed by atoms with Gasteiger partial charge in [-0.05, 0) is 25.6 Å². The van der Waals surface area contributed by atoms with Gasteiger partial charge in [-0.2, -0.15) is 0 Å². The van der Waals surface area contributed by atoms with Gasteiger partial charge in [0.25, 0.3) is 0 Å². The average Bonchev–Trinajstić information content (AvgIpc) is 3.03. The van der Waals surface area contributed by atoms with Crippen LogP contribution in [0.15, 0.2) is 24.3 Å². The number of likely N-dealkylation sites (N-methyl/N-ethyl adjacent to an activating group) is 1. The normalized spacial score (nSPS) is 21.7. The highest BCUT2D eigenvalue weighted by Crippen LogP contribution is 2.33. The van der Waals surface area contributed by atoms with Gasteiger partial charge in [0, 0.05) is 39.1 Å². The van der Waals surface area contributed by atoms with Crippen molar-refractivity contribution in [1.82, 2.24) is 9.80 Å². The largest absolute Gasteiger partial charge is 0.492 e. The summed E-state index contributed by atoms with van der Waals surface area (Å²) in [5, 5.41) is 0. The van der Waals surface area contributed by atoms with Crippen LogP contribution in [0.1, 0.15) is 20.3 Å². The fourth-order valence-electron chi connectivity index (χ4n) is 3.61. The van der Waals surface area contributed by atoms with Crippen LogP contribution in [0.5, 0.6) is 5.75 Å². The van der Waals surface area contributed by atoms with E-state index < -0.39 is 0 Å². The summed E-state index contributed by atoms with van der Waals surface area (Å²) in [5.74, 6) is 0.552. The second-order valence-electron chi connectivity index (χ2n) is 6.57. The molecule has 0 N–H and O–H groups in total. The Morgan fingerprint density at radius 2 is 1.88 bits per heavy atom. The maximum absolute atomic E-state index is 12.8. The molecule has 6 heteroatoms. The third kappa shape index (κ3) is 3.79. The lowest BCUT2D eigenvalue weighted by Gasteiger charge is -2.35. The molecule has 0 saturated carbocycles. The number of hydrogen-bond donors (Lipinski definition) is 0. The Balaban J connectivity index is 1.67. The van der Waals surface area contributed by atoms with Crippen LogP contribution in [-0.2, 0) is 9.59 Å². The maximum Gasteiger partial charge on any atom is 0.228 e. The maximum atomic E-state index is 12.8. The minimum Gasteiger partial charge on any atom is -0.492 e. The Morgan fingerprint density at radius 1 is 1.16 bits per heavy atom.